The third kappa shape index (κ3) is 3.01. The van der Waals surface area contributed by atoms with Gasteiger partial charge in [-0.25, -0.2) is 0 Å². The molecule has 2 aliphatic carbocycles. The highest BCUT2D eigenvalue weighted by molar-refractivity contribution is 7.85. The molecule has 2 bridgehead atoms. The number of likely N-dealkylation sites (N-methyl/N-ethyl adjacent to an activating group) is 1. The Bertz CT molecular complexity index is 1470. The van der Waals surface area contributed by atoms with Crippen LogP contribution in [0.1, 0.15) is 48.8 Å². The van der Waals surface area contributed by atoms with E-state index in [1.54, 1.807) is 4.74 Å². The van der Waals surface area contributed by atoms with Crippen molar-refractivity contribution < 1.29 is 27.3 Å². The van der Waals surface area contributed by atoms with Crippen molar-refractivity contribution >= 4 is 21.2 Å². The Hall–Kier alpha value is -2.49. The molecule has 3 heterocycles. The molecule has 0 spiro atoms. The van der Waals surface area contributed by atoms with E-state index < -0.39 is 15.9 Å². The first-order valence-electron chi connectivity index (χ1n) is 12.6. The molecule has 4 aliphatic rings. The second-order valence-electron chi connectivity index (χ2n) is 10.8. The Balaban J connectivity index is 1.50. The van der Waals surface area contributed by atoms with Gasteiger partial charge in [0.05, 0.1) is 6.54 Å². The molecule has 2 fully saturated rings. The average molecular weight is 499 g/mol. The summed E-state index contributed by atoms with van der Waals surface area (Å²) in [6.45, 7) is 2.13. The van der Waals surface area contributed by atoms with Gasteiger partial charge in [0.1, 0.15) is 23.9 Å². The molecular formula is C26H30N2O6S. The number of benzene rings is 2. The van der Waals surface area contributed by atoms with Crippen LogP contribution in [0.5, 0.6) is 11.5 Å². The number of aromatic nitrogens is 1. The Morgan fingerprint density at radius 1 is 1.20 bits per heavy atom. The van der Waals surface area contributed by atoms with Crippen LogP contribution in [-0.2, 0) is 34.3 Å². The summed E-state index contributed by atoms with van der Waals surface area (Å²) in [5, 5.41) is 11.5. The van der Waals surface area contributed by atoms with Gasteiger partial charge in [0.25, 0.3) is 10.1 Å². The molecule has 186 valence electrons. The van der Waals surface area contributed by atoms with Crippen LogP contribution in [0.15, 0.2) is 22.7 Å². The zero-order valence-corrected chi connectivity index (χ0v) is 20.6. The van der Waals surface area contributed by atoms with E-state index in [1.807, 2.05) is 18.2 Å². The van der Waals surface area contributed by atoms with Crippen molar-refractivity contribution in [3.63, 3.8) is 0 Å². The van der Waals surface area contributed by atoms with E-state index in [9.17, 15) is 18.1 Å². The number of aromatic hydroxyl groups is 1. The summed E-state index contributed by atoms with van der Waals surface area (Å²) in [6, 6.07) is 5.89. The second kappa shape index (κ2) is 7.27. The normalized spacial score (nSPS) is 27.9. The molecule has 0 unspecified atom stereocenters. The van der Waals surface area contributed by atoms with Crippen molar-refractivity contribution in [2.45, 2.75) is 62.3 Å². The summed E-state index contributed by atoms with van der Waals surface area (Å²) < 4.78 is 48.1. The number of phenols is 1. The maximum atomic E-state index is 12.3. The minimum absolute atomic E-state index is 0.0495. The molecule has 0 amide bonds. The molecule has 7 rings (SSSR count). The summed E-state index contributed by atoms with van der Waals surface area (Å²) in [5.74, 6) is 0.731. The molecule has 9 heteroatoms. The van der Waals surface area contributed by atoms with Crippen molar-refractivity contribution in [1.82, 2.24) is 9.64 Å². The highest BCUT2D eigenvalue weighted by Gasteiger charge is 2.54. The monoisotopic (exact) mass is 498 g/mol. The maximum Gasteiger partial charge on any atom is 0.269 e. The number of ether oxygens (including phenoxy) is 1. The molecule has 1 aromatic heterocycles. The van der Waals surface area contributed by atoms with E-state index in [-0.39, 0.29) is 11.2 Å². The number of piperidine rings is 1. The smallest absolute Gasteiger partial charge is 0.269 e. The van der Waals surface area contributed by atoms with Gasteiger partial charge in [-0.2, -0.15) is 13.2 Å². The number of hydrogen-bond acceptors (Lipinski definition) is 6. The van der Waals surface area contributed by atoms with Crippen LogP contribution in [0.25, 0.3) is 22.2 Å². The van der Waals surface area contributed by atoms with Gasteiger partial charge in [-0.15, -0.1) is 0 Å². The van der Waals surface area contributed by atoms with Crippen molar-refractivity contribution in [3.8, 4) is 22.6 Å². The van der Waals surface area contributed by atoms with Gasteiger partial charge in [-0.05, 0) is 80.1 Å². The van der Waals surface area contributed by atoms with Gasteiger partial charge in [-0.1, -0.05) is 12.8 Å². The quantitative estimate of drug-likeness (QED) is 0.525. The minimum atomic E-state index is -4.34. The van der Waals surface area contributed by atoms with Gasteiger partial charge >= 0.3 is 0 Å². The van der Waals surface area contributed by atoms with E-state index in [1.165, 1.54) is 6.42 Å². The fraction of sp³-hybridized carbons (Fsp3) is 0.538. The van der Waals surface area contributed by atoms with Crippen molar-refractivity contribution in [2.24, 2.45) is 5.92 Å². The van der Waals surface area contributed by atoms with E-state index >= 15 is 0 Å². The fourth-order valence-electron chi connectivity index (χ4n) is 7.75. The van der Waals surface area contributed by atoms with Crippen LogP contribution >= 0.6 is 0 Å². The molecule has 8 nitrogen and oxygen atoms in total. The van der Waals surface area contributed by atoms with Gasteiger partial charge in [0.2, 0.25) is 0 Å². The number of phenolic OH excluding ortho intramolecular Hbond substituents is 1. The molecule has 2 aliphatic heterocycles. The van der Waals surface area contributed by atoms with E-state index in [0.29, 0.717) is 53.8 Å². The minimum Gasteiger partial charge on any atom is -0.507 e. The number of fused-ring (bicyclic) bond motifs is 1. The summed E-state index contributed by atoms with van der Waals surface area (Å²) in [6.07, 6.45) is 6.28. The summed E-state index contributed by atoms with van der Waals surface area (Å²) in [4.78, 5) is 2.42. The third-order valence-electron chi connectivity index (χ3n) is 9.21. The van der Waals surface area contributed by atoms with Crippen LogP contribution in [0.3, 0.4) is 0 Å². The number of nitrogens with zero attached hydrogens (tertiary/aromatic N) is 2. The molecule has 3 aromatic rings. The van der Waals surface area contributed by atoms with Gasteiger partial charge in [-0.3, -0.25) is 4.55 Å². The van der Waals surface area contributed by atoms with Crippen molar-refractivity contribution in [2.75, 3.05) is 20.2 Å². The summed E-state index contributed by atoms with van der Waals surface area (Å²) in [5.41, 5.74) is 4.99. The zero-order chi connectivity index (χ0) is 24.1. The molecule has 1 saturated carbocycles. The number of rotatable bonds is 3. The standard InChI is InChI=1S/C26H30N2O6S/c1-27-9-8-26-7-3-2-4-18(26)20(27)12-16-17(14-35(30,31)32)23(21(29)13-19(16)26)15-5-6-22-24-25(15)34-28(24)10-11-33-22/h5-6,13,18,20,29H,2-4,7-12,14H2,1H3,(H,30,31,32)/t18-,20+,26+/m0/s1. The Morgan fingerprint density at radius 2 is 2.06 bits per heavy atom. The van der Waals surface area contributed by atoms with Gasteiger partial charge in [0, 0.05) is 22.6 Å². The van der Waals surface area contributed by atoms with E-state index in [2.05, 4.69) is 11.9 Å². The largest absolute Gasteiger partial charge is 0.507 e. The van der Waals surface area contributed by atoms with Crippen LogP contribution in [0, 0.1) is 5.92 Å². The predicted molar refractivity (Wildman–Crippen MR) is 130 cm³/mol. The lowest BCUT2D eigenvalue weighted by atomic mass is 9.52. The first-order chi connectivity index (χ1) is 16.8. The average Bonchev–Trinajstić information content (AvgIpc) is 2.80. The topological polar surface area (TPSA) is 105 Å². The Kier molecular flexibility index (Phi) is 4.52. The zero-order valence-electron chi connectivity index (χ0n) is 19.8. The van der Waals surface area contributed by atoms with Crippen LogP contribution in [0.2, 0.25) is 0 Å². The Labute approximate surface area is 204 Å². The number of hydrogen-bond donors (Lipinski definition) is 2. The van der Waals surface area contributed by atoms with Crippen molar-refractivity contribution in [3.05, 3.63) is 34.9 Å². The first-order valence-corrected chi connectivity index (χ1v) is 14.2. The van der Waals surface area contributed by atoms with E-state index in [0.717, 1.165) is 54.6 Å². The molecule has 2 N–H and O–H groups in total. The van der Waals surface area contributed by atoms with Crippen molar-refractivity contribution in [1.29, 1.82) is 0 Å². The summed E-state index contributed by atoms with van der Waals surface area (Å²) >= 11 is 0. The second-order valence-corrected chi connectivity index (χ2v) is 12.3. The molecular weight excluding hydrogens is 468 g/mol. The lowest BCUT2D eigenvalue weighted by Crippen LogP contribution is -2.60. The molecule has 2 aromatic carbocycles. The maximum absolute atomic E-state index is 12.3. The lowest BCUT2D eigenvalue weighted by Gasteiger charge is -2.59. The SMILES string of the molecule is CN1CC[C@]23CCCC[C@H]2[C@H]1Cc1c3cc(O)c(-c2ccc3c4c2on4CCO3)c1CS(=O)(=O)O. The van der Waals surface area contributed by atoms with Gasteiger partial charge in [0.15, 0.2) is 11.1 Å². The van der Waals surface area contributed by atoms with Gasteiger partial charge < -0.3 is 19.3 Å². The summed E-state index contributed by atoms with van der Waals surface area (Å²) in [7, 11) is -2.18. The fourth-order valence-corrected chi connectivity index (χ4v) is 8.44. The molecule has 3 atom stereocenters. The highest BCUT2D eigenvalue weighted by atomic mass is 32.2. The van der Waals surface area contributed by atoms with Crippen LogP contribution in [-0.4, -0.2) is 54.0 Å². The Morgan fingerprint density at radius 3 is 2.89 bits per heavy atom. The number of likely N-dealkylation sites (tertiary alicyclic amines) is 1. The molecule has 35 heavy (non-hydrogen) atoms. The first kappa shape index (κ1) is 21.8. The lowest BCUT2D eigenvalue weighted by molar-refractivity contribution is 0.00257. The van der Waals surface area contributed by atoms with E-state index in [4.69, 9.17) is 9.26 Å². The predicted octanol–water partition coefficient (Wildman–Crippen LogP) is 4.08. The molecule has 1 saturated heterocycles. The molecule has 0 radical (unpaired) electrons. The highest BCUT2D eigenvalue weighted by Crippen LogP contribution is 2.58. The van der Waals surface area contributed by atoms with Crippen LogP contribution in [0.4, 0.5) is 0 Å². The third-order valence-corrected chi connectivity index (χ3v) is 9.86. The van der Waals surface area contributed by atoms with Crippen LogP contribution < -0.4 is 4.74 Å².